The molecular weight excluding hydrogens is 292 g/mol. The van der Waals surface area contributed by atoms with Crippen molar-refractivity contribution in [3.8, 4) is 0 Å². The van der Waals surface area contributed by atoms with E-state index in [2.05, 4.69) is 5.32 Å². The van der Waals surface area contributed by atoms with E-state index in [0.717, 1.165) is 12.8 Å². The van der Waals surface area contributed by atoms with Crippen LogP contribution in [0.15, 0.2) is 0 Å². The molecule has 1 heterocycles. The Labute approximate surface area is 127 Å². The predicted octanol–water partition coefficient (Wildman–Crippen LogP) is 0.574. The van der Waals surface area contributed by atoms with Gasteiger partial charge >= 0.3 is 0 Å². The number of piperidine rings is 1. The summed E-state index contributed by atoms with van der Waals surface area (Å²) < 4.78 is 23.6. The summed E-state index contributed by atoms with van der Waals surface area (Å²) in [6, 6.07) is -0.0209. The number of carbonyl (C=O) groups excluding carboxylic acids is 2. The van der Waals surface area contributed by atoms with Crippen LogP contribution < -0.4 is 5.32 Å². The fourth-order valence-electron chi connectivity index (χ4n) is 2.60. The largest absolute Gasteiger partial charge is 0.352 e. The van der Waals surface area contributed by atoms with Crippen LogP contribution in [0.4, 0.5) is 0 Å². The summed E-state index contributed by atoms with van der Waals surface area (Å²) in [5.41, 5.74) is 0. The van der Waals surface area contributed by atoms with Crippen molar-refractivity contribution >= 4 is 21.7 Å². The highest BCUT2D eigenvalue weighted by Crippen LogP contribution is 2.12. The first-order valence-corrected chi connectivity index (χ1v) is 9.27. The molecule has 0 aromatic carbocycles. The van der Waals surface area contributed by atoms with Gasteiger partial charge in [-0.1, -0.05) is 13.8 Å². The number of rotatable bonds is 6. The molecule has 1 saturated heterocycles. The summed E-state index contributed by atoms with van der Waals surface area (Å²) in [6.45, 7) is 6.27. The molecular formula is C14H26N2O4S. The lowest BCUT2D eigenvalue weighted by molar-refractivity contribution is -0.133. The molecule has 1 aliphatic heterocycles. The third-order valence-electron chi connectivity index (χ3n) is 3.40. The molecule has 1 fully saturated rings. The topological polar surface area (TPSA) is 83.6 Å². The van der Waals surface area contributed by atoms with E-state index in [1.807, 2.05) is 13.8 Å². The first-order valence-electron chi connectivity index (χ1n) is 7.45. The number of nitrogens with zero attached hydrogens (tertiary/aromatic N) is 1. The highest BCUT2D eigenvalue weighted by Gasteiger charge is 2.25. The quantitative estimate of drug-likeness (QED) is 0.776. The molecule has 122 valence electrons. The van der Waals surface area contributed by atoms with Gasteiger partial charge in [-0.2, -0.15) is 0 Å². The summed E-state index contributed by atoms with van der Waals surface area (Å²) in [5, 5.41) is 2.81. The maximum absolute atomic E-state index is 12.1. The van der Waals surface area contributed by atoms with E-state index >= 15 is 0 Å². The lowest BCUT2D eigenvalue weighted by Gasteiger charge is -2.33. The Kier molecular flexibility index (Phi) is 6.64. The number of nitrogens with one attached hydrogen (secondary N) is 1. The zero-order valence-corrected chi connectivity index (χ0v) is 13.9. The second kappa shape index (κ2) is 7.77. The van der Waals surface area contributed by atoms with E-state index in [4.69, 9.17) is 0 Å². The van der Waals surface area contributed by atoms with Crippen LogP contribution in [0, 0.1) is 5.92 Å². The monoisotopic (exact) mass is 318 g/mol. The van der Waals surface area contributed by atoms with Crippen molar-refractivity contribution in [2.45, 2.75) is 46.1 Å². The SMILES string of the molecule is CC(=O)N[C@H]1CCCN(C(=O)CCS(=O)(=O)CC(C)C)C1. The van der Waals surface area contributed by atoms with Crippen molar-refractivity contribution in [3.05, 3.63) is 0 Å². The second-order valence-corrected chi connectivity index (χ2v) is 8.37. The molecule has 0 bridgehead atoms. The highest BCUT2D eigenvalue weighted by molar-refractivity contribution is 7.91. The standard InChI is InChI=1S/C14H26N2O4S/c1-11(2)10-21(19,20)8-6-14(18)16-7-4-5-13(9-16)15-12(3)17/h11,13H,4-10H2,1-3H3,(H,15,17)/t13-/m0/s1. The van der Waals surface area contributed by atoms with Gasteiger partial charge in [-0.3, -0.25) is 9.59 Å². The molecule has 1 rings (SSSR count). The van der Waals surface area contributed by atoms with Gasteiger partial charge in [0.25, 0.3) is 0 Å². The Morgan fingerprint density at radius 1 is 1.33 bits per heavy atom. The Balaban J connectivity index is 2.46. The first-order chi connectivity index (χ1) is 9.69. The van der Waals surface area contributed by atoms with Gasteiger partial charge in [0.15, 0.2) is 9.84 Å². The van der Waals surface area contributed by atoms with Gasteiger partial charge in [-0.25, -0.2) is 8.42 Å². The van der Waals surface area contributed by atoms with Crippen LogP contribution >= 0.6 is 0 Å². The van der Waals surface area contributed by atoms with Gasteiger partial charge in [-0.15, -0.1) is 0 Å². The predicted molar refractivity (Wildman–Crippen MR) is 81.5 cm³/mol. The summed E-state index contributed by atoms with van der Waals surface area (Å²) in [5.74, 6) is -0.143. The van der Waals surface area contributed by atoms with Gasteiger partial charge in [0.1, 0.15) is 0 Å². The maximum Gasteiger partial charge on any atom is 0.223 e. The smallest absolute Gasteiger partial charge is 0.223 e. The van der Waals surface area contributed by atoms with Gasteiger partial charge in [-0.05, 0) is 18.8 Å². The number of carbonyl (C=O) groups is 2. The minimum atomic E-state index is -3.16. The number of sulfone groups is 1. The van der Waals surface area contributed by atoms with E-state index in [0.29, 0.717) is 13.1 Å². The molecule has 0 radical (unpaired) electrons. The molecule has 0 spiro atoms. The lowest BCUT2D eigenvalue weighted by atomic mass is 10.1. The van der Waals surface area contributed by atoms with Crippen LogP contribution in [-0.4, -0.2) is 55.8 Å². The number of amides is 2. The van der Waals surface area contributed by atoms with Crippen LogP contribution in [0.5, 0.6) is 0 Å². The second-order valence-electron chi connectivity index (χ2n) is 6.14. The van der Waals surface area contributed by atoms with Crippen LogP contribution in [-0.2, 0) is 19.4 Å². The third kappa shape index (κ3) is 6.93. The van der Waals surface area contributed by atoms with Crippen molar-refractivity contribution < 1.29 is 18.0 Å². The lowest BCUT2D eigenvalue weighted by Crippen LogP contribution is -2.49. The molecule has 1 N–H and O–H groups in total. The molecule has 1 atom stereocenters. The average Bonchev–Trinajstić information content (AvgIpc) is 2.34. The Morgan fingerprint density at radius 3 is 2.57 bits per heavy atom. The molecule has 21 heavy (non-hydrogen) atoms. The van der Waals surface area contributed by atoms with Crippen LogP contribution in [0.3, 0.4) is 0 Å². The number of hydrogen-bond donors (Lipinski definition) is 1. The first kappa shape index (κ1) is 17.9. The highest BCUT2D eigenvalue weighted by atomic mass is 32.2. The van der Waals surface area contributed by atoms with Crippen molar-refractivity contribution in [1.82, 2.24) is 10.2 Å². The summed E-state index contributed by atoms with van der Waals surface area (Å²) in [7, 11) is -3.16. The molecule has 0 saturated carbocycles. The van der Waals surface area contributed by atoms with E-state index in [-0.39, 0.29) is 41.7 Å². The molecule has 0 unspecified atom stereocenters. The van der Waals surface area contributed by atoms with E-state index in [1.165, 1.54) is 6.92 Å². The molecule has 2 amide bonds. The Bertz CT molecular complexity index is 473. The molecule has 0 aromatic rings. The minimum Gasteiger partial charge on any atom is -0.352 e. The van der Waals surface area contributed by atoms with Crippen LogP contribution in [0.2, 0.25) is 0 Å². The molecule has 1 aliphatic rings. The Morgan fingerprint density at radius 2 is 2.00 bits per heavy atom. The zero-order valence-electron chi connectivity index (χ0n) is 13.1. The van der Waals surface area contributed by atoms with Crippen molar-refractivity contribution in [3.63, 3.8) is 0 Å². The molecule has 0 aromatic heterocycles. The minimum absolute atomic E-state index is 0.0209. The maximum atomic E-state index is 12.1. The van der Waals surface area contributed by atoms with Crippen molar-refractivity contribution in [2.75, 3.05) is 24.6 Å². The third-order valence-corrected chi connectivity index (χ3v) is 5.40. The fraction of sp³-hybridized carbons (Fsp3) is 0.857. The summed E-state index contributed by atoms with van der Waals surface area (Å²) in [4.78, 5) is 24.8. The van der Waals surface area contributed by atoms with Crippen molar-refractivity contribution in [2.24, 2.45) is 5.92 Å². The van der Waals surface area contributed by atoms with Gasteiger partial charge in [0.05, 0.1) is 11.5 Å². The van der Waals surface area contributed by atoms with E-state index in [1.54, 1.807) is 4.90 Å². The normalized spacial score (nSPS) is 19.6. The van der Waals surface area contributed by atoms with E-state index in [9.17, 15) is 18.0 Å². The van der Waals surface area contributed by atoms with Gasteiger partial charge < -0.3 is 10.2 Å². The zero-order chi connectivity index (χ0) is 16.0. The van der Waals surface area contributed by atoms with E-state index < -0.39 is 9.84 Å². The van der Waals surface area contributed by atoms with Crippen LogP contribution in [0.25, 0.3) is 0 Å². The molecule has 0 aliphatic carbocycles. The van der Waals surface area contributed by atoms with Gasteiger partial charge in [0.2, 0.25) is 11.8 Å². The number of hydrogen-bond acceptors (Lipinski definition) is 4. The molecule has 6 nitrogen and oxygen atoms in total. The van der Waals surface area contributed by atoms with Crippen molar-refractivity contribution in [1.29, 1.82) is 0 Å². The fourth-order valence-corrected chi connectivity index (χ4v) is 4.27. The van der Waals surface area contributed by atoms with Gasteiger partial charge in [0, 0.05) is 32.5 Å². The molecule has 7 heteroatoms. The Hall–Kier alpha value is -1.11. The number of likely N-dealkylation sites (tertiary alicyclic amines) is 1. The summed E-state index contributed by atoms with van der Waals surface area (Å²) in [6.07, 6.45) is 1.71. The summed E-state index contributed by atoms with van der Waals surface area (Å²) >= 11 is 0. The average molecular weight is 318 g/mol. The van der Waals surface area contributed by atoms with Crippen LogP contribution in [0.1, 0.15) is 40.0 Å².